The molecule has 0 bridgehead atoms. The maximum absolute atomic E-state index is 11.8. The zero-order valence-electron chi connectivity index (χ0n) is 8.77. The molecule has 94 valence electrons. The van der Waals surface area contributed by atoms with Gasteiger partial charge in [-0.05, 0) is 24.6 Å². The Morgan fingerprint density at radius 3 is 2.65 bits per heavy atom. The van der Waals surface area contributed by atoms with Gasteiger partial charge >= 0.3 is 12.3 Å². The lowest BCUT2D eigenvalue weighted by molar-refractivity contribution is -0.159. The Morgan fingerprint density at radius 2 is 2.12 bits per heavy atom. The lowest BCUT2D eigenvalue weighted by Crippen LogP contribution is -2.23. The molecule has 0 aliphatic heterocycles. The highest BCUT2D eigenvalue weighted by molar-refractivity contribution is 9.10. The molecule has 17 heavy (non-hydrogen) atoms. The highest BCUT2D eigenvalue weighted by Gasteiger charge is 2.29. The first-order chi connectivity index (χ1) is 7.78. The van der Waals surface area contributed by atoms with E-state index in [0.717, 1.165) is 10.0 Å². The van der Waals surface area contributed by atoms with Crippen LogP contribution in [0.5, 0.6) is 0 Å². The number of carbonyl (C=O) groups is 1. The van der Waals surface area contributed by atoms with E-state index in [-0.39, 0.29) is 0 Å². The Hall–Kier alpha value is -1.24. The number of amides is 1. The summed E-state index contributed by atoms with van der Waals surface area (Å²) >= 11 is 3.23. The number of anilines is 1. The smallest absolute Gasteiger partial charge is 0.422 e. The van der Waals surface area contributed by atoms with E-state index in [0.29, 0.717) is 5.69 Å². The summed E-state index contributed by atoms with van der Waals surface area (Å²) in [7, 11) is 0. The second-order valence-corrected chi connectivity index (χ2v) is 4.13. The summed E-state index contributed by atoms with van der Waals surface area (Å²) in [5, 5.41) is 2.19. The zero-order chi connectivity index (χ0) is 13.1. The Bertz CT molecular complexity index is 421. The van der Waals surface area contributed by atoms with Crippen molar-refractivity contribution in [3.63, 3.8) is 0 Å². The van der Waals surface area contributed by atoms with Crippen molar-refractivity contribution in [2.75, 3.05) is 11.9 Å². The van der Waals surface area contributed by atoms with Crippen LogP contribution in [-0.2, 0) is 4.74 Å². The van der Waals surface area contributed by atoms with E-state index < -0.39 is 18.9 Å². The average molecular weight is 312 g/mol. The van der Waals surface area contributed by atoms with Gasteiger partial charge in [-0.25, -0.2) is 4.79 Å². The van der Waals surface area contributed by atoms with Crippen LogP contribution in [0.2, 0.25) is 0 Å². The number of benzene rings is 1. The highest BCUT2D eigenvalue weighted by atomic mass is 79.9. The SMILES string of the molecule is Cc1ccc(NC(=O)OCC(F)(F)F)cc1Br. The fourth-order valence-electron chi connectivity index (χ4n) is 0.972. The molecule has 0 spiro atoms. The van der Waals surface area contributed by atoms with Crippen molar-refractivity contribution in [2.45, 2.75) is 13.1 Å². The lowest BCUT2D eigenvalue weighted by atomic mass is 10.2. The Morgan fingerprint density at radius 1 is 1.47 bits per heavy atom. The van der Waals surface area contributed by atoms with Crippen LogP contribution in [0.1, 0.15) is 5.56 Å². The molecule has 0 aliphatic carbocycles. The first-order valence-electron chi connectivity index (χ1n) is 4.54. The van der Waals surface area contributed by atoms with E-state index in [1.165, 1.54) is 0 Å². The predicted molar refractivity (Wildman–Crippen MR) is 59.9 cm³/mol. The first kappa shape index (κ1) is 13.8. The van der Waals surface area contributed by atoms with Gasteiger partial charge in [-0.3, -0.25) is 5.32 Å². The Kier molecular flexibility index (Phi) is 4.39. The minimum Gasteiger partial charge on any atom is -0.440 e. The predicted octanol–water partition coefficient (Wildman–Crippen LogP) is 3.87. The maximum Gasteiger partial charge on any atom is 0.422 e. The number of rotatable bonds is 2. The van der Waals surface area contributed by atoms with Crippen molar-refractivity contribution in [2.24, 2.45) is 0 Å². The largest absolute Gasteiger partial charge is 0.440 e. The van der Waals surface area contributed by atoms with Crippen LogP contribution < -0.4 is 5.32 Å². The molecular weight excluding hydrogens is 303 g/mol. The second kappa shape index (κ2) is 5.39. The quantitative estimate of drug-likeness (QED) is 0.900. The lowest BCUT2D eigenvalue weighted by Gasteiger charge is -2.09. The van der Waals surface area contributed by atoms with Gasteiger partial charge in [-0.2, -0.15) is 13.2 Å². The molecule has 1 aromatic rings. The van der Waals surface area contributed by atoms with Gasteiger partial charge in [0, 0.05) is 10.2 Å². The van der Waals surface area contributed by atoms with Crippen LogP contribution in [-0.4, -0.2) is 18.9 Å². The van der Waals surface area contributed by atoms with Crippen LogP contribution in [0, 0.1) is 6.92 Å². The van der Waals surface area contributed by atoms with Gasteiger partial charge in [0.05, 0.1) is 0 Å². The van der Waals surface area contributed by atoms with Crippen molar-refractivity contribution in [1.82, 2.24) is 0 Å². The van der Waals surface area contributed by atoms with E-state index in [9.17, 15) is 18.0 Å². The molecule has 1 rings (SSSR count). The molecular formula is C10H9BrF3NO2. The van der Waals surface area contributed by atoms with E-state index in [1.807, 2.05) is 6.92 Å². The first-order valence-corrected chi connectivity index (χ1v) is 5.34. The van der Waals surface area contributed by atoms with Crippen molar-refractivity contribution in [3.8, 4) is 0 Å². The van der Waals surface area contributed by atoms with E-state index >= 15 is 0 Å². The molecule has 0 saturated heterocycles. The number of nitrogens with one attached hydrogen (secondary N) is 1. The second-order valence-electron chi connectivity index (χ2n) is 3.28. The highest BCUT2D eigenvalue weighted by Crippen LogP contribution is 2.21. The molecule has 0 aliphatic rings. The number of hydrogen-bond donors (Lipinski definition) is 1. The number of carbonyl (C=O) groups excluding carboxylic acids is 1. The molecule has 0 radical (unpaired) electrons. The molecule has 0 heterocycles. The van der Waals surface area contributed by atoms with Gasteiger partial charge in [0.15, 0.2) is 6.61 Å². The van der Waals surface area contributed by atoms with Crippen LogP contribution >= 0.6 is 15.9 Å². The van der Waals surface area contributed by atoms with Crippen LogP contribution in [0.15, 0.2) is 22.7 Å². The molecule has 0 atom stereocenters. The Balaban J connectivity index is 2.54. The van der Waals surface area contributed by atoms with Gasteiger partial charge in [-0.15, -0.1) is 0 Å². The summed E-state index contributed by atoms with van der Waals surface area (Å²) in [5.74, 6) is 0. The van der Waals surface area contributed by atoms with Gasteiger partial charge in [0.1, 0.15) is 0 Å². The summed E-state index contributed by atoms with van der Waals surface area (Å²) in [6, 6.07) is 4.85. The van der Waals surface area contributed by atoms with Gasteiger partial charge < -0.3 is 4.74 Å². The summed E-state index contributed by atoms with van der Waals surface area (Å²) in [5.41, 5.74) is 1.30. The van der Waals surface area contributed by atoms with E-state index in [1.54, 1.807) is 18.2 Å². The molecule has 3 nitrogen and oxygen atoms in total. The van der Waals surface area contributed by atoms with Crippen molar-refractivity contribution in [3.05, 3.63) is 28.2 Å². The normalized spacial score (nSPS) is 11.1. The van der Waals surface area contributed by atoms with Crippen LogP contribution in [0.3, 0.4) is 0 Å². The number of alkyl halides is 3. The topological polar surface area (TPSA) is 38.3 Å². The van der Waals surface area contributed by atoms with Crippen LogP contribution in [0.25, 0.3) is 0 Å². The van der Waals surface area contributed by atoms with E-state index in [4.69, 9.17) is 0 Å². The number of halogens is 4. The molecule has 1 amide bonds. The minimum atomic E-state index is -4.52. The standard InChI is InChI=1S/C10H9BrF3NO2/c1-6-2-3-7(4-8(6)11)15-9(16)17-5-10(12,13)14/h2-4H,5H2,1H3,(H,15,16). The fraction of sp³-hybridized carbons (Fsp3) is 0.300. The minimum absolute atomic E-state index is 0.356. The Labute approximate surface area is 104 Å². The third kappa shape index (κ3) is 5.08. The maximum atomic E-state index is 11.8. The molecule has 7 heteroatoms. The number of hydrogen-bond acceptors (Lipinski definition) is 2. The summed E-state index contributed by atoms with van der Waals surface area (Å²) in [4.78, 5) is 11.0. The molecule has 1 aromatic carbocycles. The summed E-state index contributed by atoms with van der Waals surface area (Å²) < 4.78 is 40.0. The van der Waals surface area contributed by atoms with Gasteiger partial charge in [0.25, 0.3) is 0 Å². The molecule has 0 saturated carbocycles. The molecule has 0 fully saturated rings. The fourth-order valence-corrected chi connectivity index (χ4v) is 1.35. The zero-order valence-corrected chi connectivity index (χ0v) is 10.4. The third-order valence-electron chi connectivity index (χ3n) is 1.79. The number of aryl methyl sites for hydroxylation is 1. The van der Waals surface area contributed by atoms with E-state index in [2.05, 4.69) is 26.0 Å². The number of ether oxygens (including phenoxy) is 1. The van der Waals surface area contributed by atoms with Crippen molar-refractivity contribution >= 4 is 27.7 Å². The molecule has 0 aromatic heterocycles. The van der Waals surface area contributed by atoms with Gasteiger partial charge in [0.2, 0.25) is 0 Å². The third-order valence-corrected chi connectivity index (χ3v) is 2.64. The summed E-state index contributed by atoms with van der Waals surface area (Å²) in [6.45, 7) is 0.238. The van der Waals surface area contributed by atoms with Crippen LogP contribution in [0.4, 0.5) is 23.7 Å². The molecule has 0 unspecified atom stereocenters. The van der Waals surface area contributed by atoms with Crippen molar-refractivity contribution < 1.29 is 22.7 Å². The van der Waals surface area contributed by atoms with Gasteiger partial charge in [-0.1, -0.05) is 22.0 Å². The molecule has 1 N–H and O–H groups in total. The average Bonchev–Trinajstić information content (AvgIpc) is 2.20. The monoisotopic (exact) mass is 311 g/mol. The van der Waals surface area contributed by atoms with Crippen molar-refractivity contribution in [1.29, 1.82) is 0 Å². The summed E-state index contributed by atoms with van der Waals surface area (Å²) in [6.07, 6.45) is -5.66.